The largest absolute Gasteiger partial charge is 0.325 e. The minimum atomic E-state index is -0.0463. The molecule has 1 amide bonds. The minimum Gasteiger partial charge on any atom is -0.325 e. The summed E-state index contributed by atoms with van der Waals surface area (Å²) >= 11 is 4.55. The topological polar surface area (TPSA) is 54.9 Å². The summed E-state index contributed by atoms with van der Waals surface area (Å²) < 4.78 is 0.801. The van der Waals surface area contributed by atoms with Gasteiger partial charge in [-0.3, -0.25) is 4.79 Å². The van der Waals surface area contributed by atoms with Gasteiger partial charge >= 0.3 is 0 Å². The molecule has 3 rings (SSSR count). The second-order valence-electron chi connectivity index (χ2n) is 5.44. The Morgan fingerprint density at radius 3 is 2.64 bits per heavy atom. The third kappa shape index (κ3) is 5.32. The molecule has 0 fully saturated rings. The lowest BCUT2D eigenvalue weighted by atomic mass is 10.2. The molecule has 0 saturated carbocycles. The van der Waals surface area contributed by atoms with Crippen molar-refractivity contribution in [3.8, 4) is 0 Å². The van der Waals surface area contributed by atoms with E-state index in [0.29, 0.717) is 5.75 Å². The number of nitrogens with one attached hydrogen (secondary N) is 1. The SMILES string of the molecule is Cc1ccc(Sc2ccc(NC(=O)CSc3nncs3)cc2)c(C)c1. The van der Waals surface area contributed by atoms with Gasteiger partial charge in [0.25, 0.3) is 0 Å². The van der Waals surface area contributed by atoms with Crippen LogP contribution in [0.25, 0.3) is 0 Å². The molecule has 0 bridgehead atoms. The van der Waals surface area contributed by atoms with Crippen molar-refractivity contribution < 1.29 is 4.79 Å². The van der Waals surface area contributed by atoms with Gasteiger partial charge in [0, 0.05) is 15.5 Å². The van der Waals surface area contributed by atoms with Crippen LogP contribution in [-0.4, -0.2) is 21.9 Å². The molecule has 1 aromatic heterocycles. The van der Waals surface area contributed by atoms with Crippen molar-refractivity contribution in [2.75, 3.05) is 11.1 Å². The second-order valence-corrected chi connectivity index (χ2v) is 8.61. The first-order valence-corrected chi connectivity index (χ1v) is 10.3. The Hall–Kier alpha value is -1.83. The predicted octanol–water partition coefficient (Wildman–Crippen LogP) is 5.04. The zero-order chi connectivity index (χ0) is 17.6. The number of carbonyl (C=O) groups is 1. The quantitative estimate of drug-likeness (QED) is 0.601. The van der Waals surface area contributed by atoms with Crippen molar-refractivity contribution >= 4 is 46.5 Å². The molecule has 0 atom stereocenters. The lowest BCUT2D eigenvalue weighted by molar-refractivity contribution is -0.113. The van der Waals surface area contributed by atoms with Crippen LogP contribution in [0.3, 0.4) is 0 Å². The van der Waals surface area contributed by atoms with E-state index in [1.807, 2.05) is 24.3 Å². The zero-order valence-electron chi connectivity index (χ0n) is 13.9. The number of amides is 1. The second kappa shape index (κ2) is 8.51. The van der Waals surface area contributed by atoms with Crippen LogP contribution in [0.4, 0.5) is 5.69 Å². The van der Waals surface area contributed by atoms with E-state index in [1.165, 1.54) is 39.1 Å². The van der Waals surface area contributed by atoms with Gasteiger partial charge in [-0.25, -0.2) is 0 Å². The summed E-state index contributed by atoms with van der Waals surface area (Å²) in [6.07, 6.45) is 0. The smallest absolute Gasteiger partial charge is 0.234 e. The molecule has 0 spiro atoms. The highest BCUT2D eigenvalue weighted by Crippen LogP contribution is 2.31. The Bertz CT molecular complexity index is 849. The first kappa shape index (κ1) is 18.0. The van der Waals surface area contributed by atoms with E-state index in [9.17, 15) is 4.79 Å². The van der Waals surface area contributed by atoms with E-state index in [0.717, 1.165) is 14.9 Å². The predicted molar refractivity (Wildman–Crippen MR) is 106 cm³/mol. The van der Waals surface area contributed by atoms with Crippen LogP contribution in [-0.2, 0) is 4.79 Å². The van der Waals surface area contributed by atoms with Crippen LogP contribution >= 0.6 is 34.9 Å². The monoisotopic (exact) mass is 387 g/mol. The van der Waals surface area contributed by atoms with Crippen molar-refractivity contribution in [1.82, 2.24) is 10.2 Å². The molecule has 0 aliphatic rings. The zero-order valence-corrected chi connectivity index (χ0v) is 16.3. The third-order valence-electron chi connectivity index (χ3n) is 3.36. The summed E-state index contributed by atoms with van der Waals surface area (Å²) in [5.41, 5.74) is 5.00. The Morgan fingerprint density at radius 1 is 1.16 bits per heavy atom. The van der Waals surface area contributed by atoms with Gasteiger partial charge in [-0.1, -0.05) is 52.6 Å². The minimum absolute atomic E-state index is 0.0463. The van der Waals surface area contributed by atoms with E-state index in [-0.39, 0.29) is 5.91 Å². The number of thioether (sulfide) groups is 1. The molecular formula is C18H17N3OS3. The third-order valence-corrected chi connectivity index (χ3v) is 6.41. The number of carbonyl (C=O) groups excluding carboxylic acids is 1. The summed E-state index contributed by atoms with van der Waals surface area (Å²) in [6.45, 7) is 4.22. The number of aryl methyl sites for hydroxylation is 2. The highest BCUT2D eigenvalue weighted by Gasteiger charge is 2.06. The summed E-state index contributed by atoms with van der Waals surface area (Å²) in [5.74, 6) is 0.281. The van der Waals surface area contributed by atoms with E-state index < -0.39 is 0 Å². The highest BCUT2D eigenvalue weighted by molar-refractivity contribution is 8.01. The molecule has 2 aromatic carbocycles. The van der Waals surface area contributed by atoms with Crippen LogP contribution in [0.1, 0.15) is 11.1 Å². The van der Waals surface area contributed by atoms with Crippen LogP contribution in [0.2, 0.25) is 0 Å². The lowest BCUT2D eigenvalue weighted by Gasteiger charge is -2.08. The van der Waals surface area contributed by atoms with E-state index in [1.54, 1.807) is 17.3 Å². The van der Waals surface area contributed by atoms with Gasteiger partial charge in [-0.2, -0.15) is 0 Å². The molecule has 0 saturated heterocycles. The molecule has 0 radical (unpaired) electrons. The average Bonchev–Trinajstić information content (AvgIpc) is 3.11. The normalized spacial score (nSPS) is 10.6. The first-order chi connectivity index (χ1) is 12.1. The summed E-state index contributed by atoms with van der Waals surface area (Å²) in [7, 11) is 0. The molecule has 1 heterocycles. The van der Waals surface area contributed by atoms with E-state index >= 15 is 0 Å². The molecule has 4 nitrogen and oxygen atoms in total. The number of hydrogen-bond donors (Lipinski definition) is 1. The lowest BCUT2D eigenvalue weighted by Crippen LogP contribution is -2.13. The van der Waals surface area contributed by atoms with Gasteiger partial charge in [0.1, 0.15) is 5.51 Å². The fourth-order valence-electron chi connectivity index (χ4n) is 2.20. The van der Waals surface area contributed by atoms with Gasteiger partial charge in [-0.15, -0.1) is 10.2 Å². The van der Waals surface area contributed by atoms with Crippen LogP contribution < -0.4 is 5.32 Å². The van der Waals surface area contributed by atoms with Crippen molar-refractivity contribution in [2.45, 2.75) is 28.0 Å². The van der Waals surface area contributed by atoms with Crippen molar-refractivity contribution in [2.24, 2.45) is 0 Å². The number of aromatic nitrogens is 2. The summed E-state index contributed by atoms with van der Waals surface area (Å²) in [6, 6.07) is 14.4. The molecule has 25 heavy (non-hydrogen) atoms. The molecule has 3 aromatic rings. The van der Waals surface area contributed by atoms with Gasteiger partial charge in [0.05, 0.1) is 5.75 Å². The standard InChI is InChI=1S/C18H17N3OS3/c1-12-3-8-16(13(2)9-12)25-15-6-4-14(5-7-15)20-17(22)10-23-18-21-19-11-24-18/h3-9,11H,10H2,1-2H3,(H,20,22). The van der Waals surface area contributed by atoms with Crippen LogP contribution in [0.15, 0.2) is 62.1 Å². The number of anilines is 1. The fraction of sp³-hybridized carbons (Fsp3) is 0.167. The summed E-state index contributed by atoms with van der Waals surface area (Å²) in [5, 5.41) is 10.6. The molecule has 0 aliphatic carbocycles. The average molecular weight is 388 g/mol. The number of nitrogens with zero attached hydrogens (tertiary/aromatic N) is 2. The maximum absolute atomic E-state index is 12.0. The molecule has 7 heteroatoms. The van der Waals surface area contributed by atoms with Gasteiger partial charge in [0.15, 0.2) is 4.34 Å². The van der Waals surface area contributed by atoms with Gasteiger partial charge in [-0.05, 0) is 49.7 Å². The van der Waals surface area contributed by atoms with Gasteiger partial charge in [0.2, 0.25) is 5.91 Å². The number of benzene rings is 2. The van der Waals surface area contributed by atoms with Crippen LogP contribution in [0, 0.1) is 13.8 Å². The Morgan fingerprint density at radius 2 is 1.96 bits per heavy atom. The Balaban J connectivity index is 1.55. The number of rotatable bonds is 6. The maximum atomic E-state index is 12.0. The van der Waals surface area contributed by atoms with Gasteiger partial charge < -0.3 is 5.32 Å². The van der Waals surface area contributed by atoms with E-state index in [2.05, 4.69) is 47.6 Å². The van der Waals surface area contributed by atoms with E-state index in [4.69, 9.17) is 0 Å². The fourth-order valence-corrected chi connectivity index (χ4v) is 4.37. The van der Waals surface area contributed by atoms with Crippen molar-refractivity contribution in [3.63, 3.8) is 0 Å². The molecular weight excluding hydrogens is 370 g/mol. The molecule has 128 valence electrons. The molecule has 1 N–H and O–H groups in total. The summed E-state index contributed by atoms with van der Waals surface area (Å²) in [4.78, 5) is 14.4. The molecule has 0 unspecified atom stereocenters. The number of hydrogen-bond acceptors (Lipinski definition) is 6. The van der Waals surface area contributed by atoms with Crippen molar-refractivity contribution in [1.29, 1.82) is 0 Å². The molecule has 0 aliphatic heterocycles. The maximum Gasteiger partial charge on any atom is 0.234 e. The Kier molecular flexibility index (Phi) is 6.12. The van der Waals surface area contributed by atoms with Crippen molar-refractivity contribution in [3.05, 3.63) is 59.1 Å². The first-order valence-electron chi connectivity index (χ1n) is 7.64. The van der Waals surface area contributed by atoms with Crippen LogP contribution in [0.5, 0.6) is 0 Å². The highest BCUT2D eigenvalue weighted by atomic mass is 32.2. The Labute approximate surface area is 159 Å².